The number of nitrogens with one attached hydrogen (secondary N) is 1. The molecule has 0 saturated heterocycles. The molecule has 0 aromatic carbocycles. The minimum atomic E-state index is -4.49. The van der Waals surface area contributed by atoms with Crippen LogP contribution in [0.25, 0.3) is 0 Å². The summed E-state index contributed by atoms with van der Waals surface area (Å²) in [6, 6.07) is 1.74. The lowest BCUT2D eigenvalue weighted by Crippen LogP contribution is -2.45. The number of carbonyl (C=O) groups is 1. The standard InChI is InChI=1S/C21H22F3N7O2/c1-12-20(33)29-18-15(10-32)27-17(28-19(18)30(12)2)6-4-14-9-31(11-26-14)8-13-3-5-16(25-7-13)21(22,23)24/h3,5,7,9,11-12,32H,4,6,8,10H2,1-2H3,(H,29,33)/t12-/m0/s1/i10D2. The number of nitrogens with zero attached hydrogens (tertiary/aromatic N) is 6. The van der Waals surface area contributed by atoms with E-state index in [0.717, 1.165) is 6.07 Å². The van der Waals surface area contributed by atoms with Gasteiger partial charge in [0.15, 0.2) is 5.82 Å². The number of aromatic nitrogens is 5. The molecule has 1 amide bonds. The molecule has 4 heterocycles. The van der Waals surface area contributed by atoms with Gasteiger partial charge in [-0.05, 0) is 25.0 Å². The fourth-order valence-corrected chi connectivity index (χ4v) is 3.40. The number of carbonyl (C=O) groups excluding carboxylic acids is 1. The molecule has 12 heteroatoms. The van der Waals surface area contributed by atoms with Crippen LogP contribution >= 0.6 is 0 Å². The quantitative estimate of drug-likeness (QED) is 0.577. The van der Waals surface area contributed by atoms with E-state index in [1.807, 2.05) is 0 Å². The number of aryl methyl sites for hydroxylation is 2. The van der Waals surface area contributed by atoms with Crippen LogP contribution in [0.1, 0.15) is 38.1 Å². The molecule has 0 radical (unpaired) electrons. The summed E-state index contributed by atoms with van der Waals surface area (Å²) in [7, 11) is 1.65. The lowest BCUT2D eigenvalue weighted by Gasteiger charge is -2.32. The summed E-state index contributed by atoms with van der Waals surface area (Å²) in [5, 5.41) is 12.6. The Morgan fingerprint density at radius 2 is 2.03 bits per heavy atom. The van der Waals surface area contributed by atoms with Crippen molar-refractivity contribution < 1.29 is 25.8 Å². The van der Waals surface area contributed by atoms with Crippen LogP contribution in [0.15, 0.2) is 30.9 Å². The molecule has 0 saturated carbocycles. The van der Waals surface area contributed by atoms with Crippen LogP contribution in [0, 0.1) is 0 Å². The average molecular weight is 463 g/mol. The van der Waals surface area contributed by atoms with Gasteiger partial charge in [0.1, 0.15) is 23.2 Å². The van der Waals surface area contributed by atoms with Crippen molar-refractivity contribution >= 4 is 17.4 Å². The third-order valence-electron chi connectivity index (χ3n) is 5.36. The van der Waals surface area contributed by atoms with E-state index in [0.29, 0.717) is 23.5 Å². The van der Waals surface area contributed by atoms with Crippen molar-refractivity contribution in [1.82, 2.24) is 24.5 Å². The summed E-state index contributed by atoms with van der Waals surface area (Å²) in [6.07, 6.45) is 0.611. The monoisotopic (exact) mass is 463 g/mol. The first-order chi connectivity index (χ1) is 16.3. The number of rotatable bonds is 6. The van der Waals surface area contributed by atoms with Crippen LogP contribution in [-0.4, -0.2) is 48.6 Å². The Labute approximate surface area is 190 Å². The summed E-state index contributed by atoms with van der Waals surface area (Å²) in [6.45, 7) is -0.843. The molecule has 1 aliphatic heterocycles. The smallest absolute Gasteiger partial charge is 0.390 e. The highest BCUT2D eigenvalue weighted by molar-refractivity contribution is 6.02. The van der Waals surface area contributed by atoms with E-state index in [1.54, 1.807) is 36.0 Å². The number of hydrogen-bond acceptors (Lipinski definition) is 7. The molecule has 33 heavy (non-hydrogen) atoms. The molecule has 0 fully saturated rings. The normalized spacial score (nSPS) is 17.3. The molecule has 1 atom stereocenters. The van der Waals surface area contributed by atoms with Gasteiger partial charge in [-0.3, -0.25) is 9.78 Å². The van der Waals surface area contributed by atoms with Crippen LogP contribution in [0.5, 0.6) is 0 Å². The Morgan fingerprint density at radius 3 is 2.70 bits per heavy atom. The summed E-state index contributed by atoms with van der Waals surface area (Å²) < 4.78 is 55.2. The van der Waals surface area contributed by atoms with E-state index in [-0.39, 0.29) is 36.1 Å². The number of fused-ring (bicyclic) bond motifs is 1. The first-order valence-electron chi connectivity index (χ1n) is 11.0. The number of anilines is 2. The van der Waals surface area contributed by atoms with Gasteiger partial charge in [-0.15, -0.1) is 0 Å². The van der Waals surface area contributed by atoms with Gasteiger partial charge < -0.3 is 19.9 Å². The minimum Gasteiger partial charge on any atom is -0.390 e. The number of amides is 1. The topological polar surface area (TPSA) is 109 Å². The first kappa shape index (κ1) is 20.1. The molecule has 3 aromatic heterocycles. The van der Waals surface area contributed by atoms with Crippen molar-refractivity contribution in [2.45, 2.75) is 45.1 Å². The molecule has 0 bridgehead atoms. The molecule has 0 spiro atoms. The number of imidazole rings is 1. The van der Waals surface area contributed by atoms with Crippen molar-refractivity contribution in [3.63, 3.8) is 0 Å². The van der Waals surface area contributed by atoms with Crippen molar-refractivity contribution in [3.05, 3.63) is 59.3 Å². The van der Waals surface area contributed by atoms with Gasteiger partial charge in [-0.1, -0.05) is 6.07 Å². The molecular formula is C21H22F3N7O2. The van der Waals surface area contributed by atoms with Crippen LogP contribution < -0.4 is 10.2 Å². The number of alkyl halides is 3. The van der Waals surface area contributed by atoms with Gasteiger partial charge >= 0.3 is 6.18 Å². The van der Waals surface area contributed by atoms with E-state index in [4.69, 9.17) is 2.74 Å². The van der Waals surface area contributed by atoms with E-state index in [9.17, 15) is 23.1 Å². The zero-order valence-electron chi connectivity index (χ0n) is 19.8. The van der Waals surface area contributed by atoms with Crippen molar-refractivity contribution in [2.75, 3.05) is 17.3 Å². The second-order valence-corrected chi connectivity index (χ2v) is 7.66. The van der Waals surface area contributed by atoms with E-state index >= 15 is 0 Å². The maximum Gasteiger partial charge on any atom is 0.433 e. The molecule has 2 N–H and O–H groups in total. The lowest BCUT2D eigenvalue weighted by atomic mass is 10.1. The van der Waals surface area contributed by atoms with Crippen LogP contribution in [0.3, 0.4) is 0 Å². The Morgan fingerprint density at radius 1 is 1.24 bits per heavy atom. The summed E-state index contributed by atoms with van der Waals surface area (Å²) in [5.41, 5.74) is -0.0150. The number of hydrogen-bond donors (Lipinski definition) is 2. The van der Waals surface area contributed by atoms with E-state index in [1.165, 1.54) is 12.3 Å². The molecule has 9 nitrogen and oxygen atoms in total. The second kappa shape index (κ2) is 8.77. The Balaban J connectivity index is 1.49. The largest absolute Gasteiger partial charge is 0.433 e. The van der Waals surface area contributed by atoms with Crippen LogP contribution in [-0.2, 0) is 36.9 Å². The zero-order chi connectivity index (χ0) is 25.5. The van der Waals surface area contributed by atoms with Gasteiger partial charge in [0.2, 0.25) is 5.91 Å². The Hall–Kier alpha value is -3.54. The Kier molecular flexibility index (Phi) is 5.34. The minimum absolute atomic E-state index is 0.0290. The molecule has 174 valence electrons. The van der Waals surface area contributed by atoms with Crippen LogP contribution in [0.4, 0.5) is 24.7 Å². The third-order valence-corrected chi connectivity index (χ3v) is 5.36. The SMILES string of the molecule is [2H]C([2H])(O)c1nc(CCc2cn(Cc3ccc(C(F)(F)F)nc3)cn2)nc2c1NC(=O)[C@H](C)N2C. The fourth-order valence-electron chi connectivity index (χ4n) is 3.40. The van der Waals surface area contributed by atoms with Gasteiger partial charge in [-0.2, -0.15) is 13.2 Å². The fraction of sp³-hybridized carbons (Fsp3) is 0.381. The Bertz CT molecular complexity index is 1240. The van der Waals surface area contributed by atoms with Crippen molar-refractivity contribution in [2.24, 2.45) is 0 Å². The van der Waals surface area contributed by atoms with Gasteiger partial charge in [0, 0.05) is 25.9 Å². The zero-order valence-corrected chi connectivity index (χ0v) is 17.8. The highest BCUT2D eigenvalue weighted by atomic mass is 19.4. The van der Waals surface area contributed by atoms with Crippen molar-refractivity contribution in [1.29, 1.82) is 0 Å². The van der Waals surface area contributed by atoms with Gasteiger partial charge in [-0.25, -0.2) is 15.0 Å². The van der Waals surface area contributed by atoms with E-state index < -0.39 is 24.5 Å². The number of likely N-dealkylation sites (N-methyl/N-ethyl adjacent to an activating group) is 1. The lowest BCUT2D eigenvalue weighted by molar-refractivity contribution is -0.141. The molecule has 3 aromatic rings. The van der Waals surface area contributed by atoms with Gasteiger partial charge in [0.25, 0.3) is 0 Å². The first-order valence-corrected chi connectivity index (χ1v) is 10.0. The number of pyridine rings is 1. The molecular weight excluding hydrogens is 439 g/mol. The number of aliphatic hydroxyl groups is 1. The highest BCUT2D eigenvalue weighted by Crippen LogP contribution is 2.32. The number of halogens is 3. The maximum atomic E-state index is 12.7. The van der Waals surface area contributed by atoms with E-state index in [2.05, 4.69) is 25.3 Å². The molecule has 0 aliphatic carbocycles. The third kappa shape index (κ3) is 4.80. The summed E-state index contributed by atoms with van der Waals surface area (Å²) in [4.78, 5) is 30.1. The maximum absolute atomic E-state index is 12.7. The predicted molar refractivity (Wildman–Crippen MR) is 112 cm³/mol. The van der Waals surface area contributed by atoms with Gasteiger partial charge in [0.05, 0.1) is 33.6 Å². The molecule has 4 rings (SSSR count). The predicted octanol–water partition coefficient (Wildman–Crippen LogP) is 2.19. The molecule has 1 aliphatic rings. The highest BCUT2D eigenvalue weighted by Gasteiger charge is 2.32. The summed E-state index contributed by atoms with van der Waals surface area (Å²) in [5.74, 6) is 0.194. The summed E-state index contributed by atoms with van der Waals surface area (Å²) >= 11 is 0. The van der Waals surface area contributed by atoms with Crippen molar-refractivity contribution in [3.8, 4) is 0 Å². The average Bonchev–Trinajstić information content (AvgIpc) is 3.22. The van der Waals surface area contributed by atoms with Crippen LogP contribution in [0.2, 0.25) is 0 Å². The molecule has 0 unspecified atom stereocenters. The second-order valence-electron chi connectivity index (χ2n) is 7.66.